The molecule has 0 amide bonds. The van der Waals surface area contributed by atoms with Gasteiger partial charge in [-0.15, -0.1) is 0 Å². The van der Waals surface area contributed by atoms with Crippen molar-refractivity contribution in [2.75, 3.05) is 5.73 Å². The lowest BCUT2D eigenvalue weighted by atomic mass is 10.2. The van der Waals surface area contributed by atoms with E-state index in [2.05, 4.69) is 4.98 Å². The van der Waals surface area contributed by atoms with Crippen LogP contribution in [0.15, 0.2) is 36.4 Å². The van der Waals surface area contributed by atoms with E-state index in [4.69, 9.17) is 17.3 Å². The number of hydrogen-bond acceptors (Lipinski definition) is 2. The topological polar surface area (TPSA) is 43.8 Å². The number of hydrogen-bond donors (Lipinski definition) is 1. The van der Waals surface area contributed by atoms with Gasteiger partial charge in [-0.05, 0) is 36.8 Å². The Morgan fingerprint density at radius 2 is 2.05 bits per heavy atom. The fourth-order valence-electron chi connectivity index (χ4n) is 2.12. The van der Waals surface area contributed by atoms with Crippen LogP contribution in [0, 0.1) is 12.7 Å². The SMILES string of the molecule is Cc1ccc2nc(N)n(-c3cccc(Cl)c3F)c2c1. The lowest BCUT2D eigenvalue weighted by Gasteiger charge is -2.08. The quantitative estimate of drug-likeness (QED) is 0.736. The summed E-state index contributed by atoms with van der Waals surface area (Å²) in [7, 11) is 0. The van der Waals surface area contributed by atoms with Crippen LogP contribution in [0.1, 0.15) is 5.56 Å². The number of halogens is 2. The average Bonchev–Trinajstić information content (AvgIpc) is 2.69. The molecule has 2 N–H and O–H groups in total. The van der Waals surface area contributed by atoms with Crippen molar-refractivity contribution in [2.45, 2.75) is 6.92 Å². The average molecular weight is 276 g/mol. The van der Waals surface area contributed by atoms with Crippen LogP contribution in [-0.2, 0) is 0 Å². The molecular formula is C14H11ClFN3. The van der Waals surface area contributed by atoms with Gasteiger partial charge in [-0.1, -0.05) is 23.7 Å². The molecule has 2 aromatic carbocycles. The Morgan fingerprint density at radius 1 is 1.26 bits per heavy atom. The minimum Gasteiger partial charge on any atom is -0.369 e. The summed E-state index contributed by atoms with van der Waals surface area (Å²) in [5.74, 6) is -0.265. The number of nitrogens with two attached hydrogens (primary N) is 1. The maximum absolute atomic E-state index is 14.1. The Hall–Kier alpha value is -2.07. The maximum Gasteiger partial charge on any atom is 0.206 e. The van der Waals surface area contributed by atoms with Gasteiger partial charge in [0.1, 0.15) is 0 Å². The second-order valence-electron chi connectivity index (χ2n) is 4.37. The highest BCUT2D eigenvalue weighted by Gasteiger charge is 2.15. The third kappa shape index (κ3) is 1.85. The van der Waals surface area contributed by atoms with Gasteiger partial charge in [0.05, 0.1) is 21.7 Å². The van der Waals surface area contributed by atoms with Gasteiger partial charge < -0.3 is 5.73 Å². The fourth-order valence-corrected chi connectivity index (χ4v) is 2.29. The number of aromatic nitrogens is 2. The van der Waals surface area contributed by atoms with Crippen molar-refractivity contribution in [1.82, 2.24) is 9.55 Å². The van der Waals surface area contributed by atoms with Gasteiger partial charge in [-0.2, -0.15) is 0 Å². The molecule has 19 heavy (non-hydrogen) atoms. The summed E-state index contributed by atoms with van der Waals surface area (Å²) < 4.78 is 15.7. The van der Waals surface area contributed by atoms with E-state index in [1.807, 2.05) is 25.1 Å². The standard InChI is InChI=1S/C14H11ClFN3/c1-8-5-6-10-12(7-8)19(14(17)18-10)11-4-2-3-9(15)13(11)16/h2-7H,1H3,(H2,17,18). The molecule has 0 aliphatic carbocycles. The zero-order chi connectivity index (χ0) is 13.6. The largest absolute Gasteiger partial charge is 0.369 e. The molecule has 1 heterocycles. The molecule has 0 fully saturated rings. The smallest absolute Gasteiger partial charge is 0.206 e. The highest BCUT2D eigenvalue weighted by atomic mass is 35.5. The Balaban J connectivity index is 2.39. The van der Waals surface area contributed by atoms with Gasteiger partial charge in [0.2, 0.25) is 5.95 Å². The van der Waals surface area contributed by atoms with Crippen LogP contribution in [0.25, 0.3) is 16.7 Å². The van der Waals surface area contributed by atoms with Crippen molar-refractivity contribution in [3.05, 3.63) is 52.8 Å². The minimum absolute atomic E-state index is 0.0615. The molecule has 3 aromatic rings. The molecule has 3 nitrogen and oxygen atoms in total. The molecule has 0 saturated carbocycles. The number of nitrogen functional groups attached to an aromatic ring is 1. The van der Waals surface area contributed by atoms with Crippen LogP contribution in [0.2, 0.25) is 5.02 Å². The maximum atomic E-state index is 14.1. The fraction of sp³-hybridized carbons (Fsp3) is 0.0714. The van der Waals surface area contributed by atoms with E-state index < -0.39 is 5.82 Å². The Kier molecular flexibility index (Phi) is 2.68. The number of fused-ring (bicyclic) bond motifs is 1. The molecule has 0 aliphatic rings. The first-order chi connectivity index (χ1) is 9.08. The second-order valence-corrected chi connectivity index (χ2v) is 4.78. The molecule has 96 valence electrons. The van der Waals surface area contributed by atoms with Gasteiger partial charge in [0.25, 0.3) is 0 Å². The third-order valence-corrected chi connectivity index (χ3v) is 3.30. The van der Waals surface area contributed by atoms with Gasteiger partial charge >= 0.3 is 0 Å². The van der Waals surface area contributed by atoms with Crippen molar-refractivity contribution in [3.63, 3.8) is 0 Å². The molecule has 0 spiro atoms. The van der Waals surface area contributed by atoms with Crippen molar-refractivity contribution in [1.29, 1.82) is 0 Å². The van der Waals surface area contributed by atoms with Crippen LogP contribution < -0.4 is 5.73 Å². The summed E-state index contributed by atoms with van der Waals surface area (Å²) in [5.41, 5.74) is 8.74. The molecule has 5 heteroatoms. The number of aryl methyl sites for hydroxylation is 1. The molecular weight excluding hydrogens is 265 g/mol. The molecule has 3 rings (SSSR count). The molecule has 0 aliphatic heterocycles. The van der Waals surface area contributed by atoms with Crippen molar-refractivity contribution in [2.24, 2.45) is 0 Å². The molecule has 0 saturated heterocycles. The van der Waals surface area contributed by atoms with Crippen molar-refractivity contribution < 1.29 is 4.39 Å². The van der Waals surface area contributed by atoms with Gasteiger partial charge in [0, 0.05) is 0 Å². The predicted molar refractivity (Wildman–Crippen MR) is 75.2 cm³/mol. The normalized spacial score (nSPS) is 11.1. The molecule has 0 unspecified atom stereocenters. The van der Waals surface area contributed by atoms with Gasteiger partial charge in [0.15, 0.2) is 5.82 Å². The van der Waals surface area contributed by atoms with E-state index in [9.17, 15) is 4.39 Å². The van der Waals surface area contributed by atoms with E-state index in [1.54, 1.807) is 16.7 Å². The summed E-state index contributed by atoms with van der Waals surface area (Å²) in [6.45, 7) is 1.96. The summed E-state index contributed by atoms with van der Waals surface area (Å²) >= 11 is 5.82. The van der Waals surface area contributed by atoms with Gasteiger partial charge in [-0.25, -0.2) is 9.37 Å². The minimum atomic E-state index is -0.503. The van der Waals surface area contributed by atoms with Crippen LogP contribution in [-0.4, -0.2) is 9.55 Å². The first-order valence-electron chi connectivity index (χ1n) is 5.77. The zero-order valence-corrected chi connectivity index (χ0v) is 10.9. The van der Waals surface area contributed by atoms with Crippen LogP contribution >= 0.6 is 11.6 Å². The first kappa shape index (κ1) is 12.0. The summed E-state index contributed by atoms with van der Waals surface area (Å²) in [6.07, 6.45) is 0. The lowest BCUT2D eigenvalue weighted by Crippen LogP contribution is -2.03. The van der Waals surface area contributed by atoms with Crippen LogP contribution in [0.4, 0.5) is 10.3 Å². The highest BCUT2D eigenvalue weighted by Crippen LogP contribution is 2.28. The first-order valence-corrected chi connectivity index (χ1v) is 6.14. The van der Waals surface area contributed by atoms with Crippen LogP contribution in [0.5, 0.6) is 0 Å². The van der Waals surface area contributed by atoms with Crippen molar-refractivity contribution in [3.8, 4) is 5.69 Å². The molecule has 0 radical (unpaired) electrons. The van der Waals surface area contributed by atoms with Crippen LogP contribution in [0.3, 0.4) is 0 Å². The molecule has 1 aromatic heterocycles. The summed E-state index contributed by atoms with van der Waals surface area (Å²) in [6, 6.07) is 10.5. The Bertz CT molecular complexity index is 780. The number of imidazole rings is 1. The highest BCUT2D eigenvalue weighted by molar-refractivity contribution is 6.30. The van der Waals surface area contributed by atoms with Crippen molar-refractivity contribution >= 4 is 28.6 Å². The molecule has 0 bridgehead atoms. The number of nitrogens with zero attached hydrogens (tertiary/aromatic N) is 2. The number of anilines is 1. The Morgan fingerprint density at radius 3 is 2.84 bits per heavy atom. The second kappa shape index (κ2) is 4.24. The summed E-state index contributed by atoms with van der Waals surface area (Å²) in [4.78, 5) is 4.23. The number of benzene rings is 2. The number of rotatable bonds is 1. The van der Waals surface area contributed by atoms with E-state index >= 15 is 0 Å². The summed E-state index contributed by atoms with van der Waals surface area (Å²) in [5, 5.41) is 0.0615. The van der Waals surface area contributed by atoms with E-state index in [1.165, 1.54) is 6.07 Å². The van der Waals surface area contributed by atoms with Gasteiger partial charge in [-0.3, -0.25) is 4.57 Å². The predicted octanol–water partition coefficient (Wildman–Crippen LogP) is 3.71. The monoisotopic (exact) mass is 275 g/mol. The van der Waals surface area contributed by atoms with E-state index in [0.29, 0.717) is 5.69 Å². The molecule has 0 atom stereocenters. The lowest BCUT2D eigenvalue weighted by molar-refractivity contribution is 0.620. The third-order valence-electron chi connectivity index (χ3n) is 3.01. The zero-order valence-electron chi connectivity index (χ0n) is 10.2. The van der Waals surface area contributed by atoms with E-state index in [-0.39, 0.29) is 11.0 Å². The van der Waals surface area contributed by atoms with E-state index in [0.717, 1.165) is 16.6 Å². The Labute approximate surface area is 114 Å².